The lowest BCUT2D eigenvalue weighted by Gasteiger charge is -2.04. The third kappa shape index (κ3) is 2.90. The molecule has 0 aliphatic heterocycles. The Kier molecular flexibility index (Phi) is 3.31. The van der Waals surface area contributed by atoms with Crippen LogP contribution in [0.25, 0.3) is 0 Å². The summed E-state index contributed by atoms with van der Waals surface area (Å²) in [5, 5.41) is 3.65. The van der Waals surface area contributed by atoms with Crippen molar-refractivity contribution in [2.75, 3.05) is 5.32 Å². The van der Waals surface area contributed by atoms with Gasteiger partial charge in [-0.2, -0.15) is 0 Å². The zero-order valence-corrected chi connectivity index (χ0v) is 9.08. The summed E-state index contributed by atoms with van der Waals surface area (Å²) in [7, 11) is 0. The van der Waals surface area contributed by atoms with E-state index in [0.717, 1.165) is 18.0 Å². The summed E-state index contributed by atoms with van der Waals surface area (Å²) in [6.45, 7) is 0.548. The van der Waals surface area contributed by atoms with Gasteiger partial charge >= 0.3 is 0 Å². The van der Waals surface area contributed by atoms with Crippen molar-refractivity contribution in [2.45, 2.75) is 6.54 Å². The largest absolute Gasteiger partial charge is 0.350 e. The molecule has 0 fully saturated rings. The highest BCUT2D eigenvalue weighted by Crippen LogP contribution is 2.11. The molecule has 0 atom stereocenters. The van der Waals surface area contributed by atoms with E-state index in [2.05, 4.69) is 15.3 Å². The Morgan fingerprint density at radius 2 is 2.00 bits per heavy atom. The van der Waals surface area contributed by atoms with Crippen LogP contribution in [0, 0.1) is 5.82 Å². The van der Waals surface area contributed by atoms with Gasteiger partial charge in [0.25, 0.3) is 0 Å². The first-order valence-electron chi connectivity index (χ1n) is 4.70. The molecule has 1 aromatic carbocycles. The second kappa shape index (κ2) is 4.90. The second-order valence-electron chi connectivity index (χ2n) is 3.21. The van der Waals surface area contributed by atoms with E-state index in [-0.39, 0.29) is 0 Å². The molecule has 0 aliphatic rings. The number of nitrogens with one attached hydrogen (secondary N) is 1. The third-order valence-corrected chi connectivity index (χ3v) is 2.20. The van der Waals surface area contributed by atoms with E-state index >= 15 is 0 Å². The van der Waals surface area contributed by atoms with Crippen molar-refractivity contribution in [3.05, 3.63) is 53.1 Å². The van der Waals surface area contributed by atoms with Crippen LogP contribution in [0.5, 0.6) is 0 Å². The van der Waals surface area contributed by atoms with E-state index in [9.17, 15) is 4.39 Å². The highest BCUT2D eigenvalue weighted by atomic mass is 35.5. The highest BCUT2D eigenvalue weighted by Gasteiger charge is 1.97. The van der Waals surface area contributed by atoms with Crippen LogP contribution in [-0.4, -0.2) is 9.97 Å². The third-order valence-electron chi connectivity index (χ3n) is 1.96. The van der Waals surface area contributed by atoms with Gasteiger partial charge in [0.2, 0.25) is 5.95 Å². The van der Waals surface area contributed by atoms with Crippen LogP contribution in [0.3, 0.4) is 0 Å². The van der Waals surface area contributed by atoms with Gasteiger partial charge in [0, 0.05) is 11.6 Å². The normalized spacial score (nSPS) is 10.1. The number of anilines is 1. The van der Waals surface area contributed by atoms with Crippen molar-refractivity contribution < 1.29 is 4.39 Å². The van der Waals surface area contributed by atoms with Crippen molar-refractivity contribution in [3.8, 4) is 0 Å². The minimum Gasteiger partial charge on any atom is -0.350 e. The fraction of sp³-hybridized carbons (Fsp3) is 0.0909. The molecule has 3 nitrogen and oxygen atoms in total. The lowest BCUT2D eigenvalue weighted by atomic mass is 10.2. The molecule has 82 valence electrons. The molecule has 1 heterocycles. The van der Waals surface area contributed by atoms with Gasteiger partial charge in [-0.1, -0.05) is 23.7 Å². The average molecular weight is 238 g/mol. The van der Waals surface area contributed by atoms with Crippen LogP contribution in [0.4, 0.5) is 10.3 Å². The fourth-order valence-electron chi connectivity index (χ4n) is 1.23. The van der Waals surface area contributed by atoms with Gasteiger partial charge in [-0.3, -0.25) is 0 Å². The van der Waals surface area contributed by atoms with E-state index in [4.69, 9.17) is 11.6 Å². The summed E-state index contributed by atoms with van der Waals surface area (Å²) < 4.78 is 12.5. The number of nitrogens with zero attached hydrogens (tertiary/aromatic N) is 2. The SMILES string of the molecule is Fc1cnc(NCc2cccc(Cl)c2)nc1. The van der Waals surface area contributed by atoms with Gasteiger partial charge in [0.05, 0.1) is 12.4 Å². The molecule has 0 unspecified atom stereocenters. The van der Waals surface area contributed by atoms with Gasteiger partial charge in [-0.05, 0) is 17.7 Å². The van der Waals surface area contributed by atoms with Crippen LogP contribution in [0.1, 0.15) is 5.56 Å². The number of rotatable bonds is 3. The minimum absolute atomic E-state index is 0.390. The summed E-state index contributed by atoms with van der Waals surface area (Å²) in [6.07, 6.45) is 2.24. The molecule has 0 saturated heterocycles. The average Bonchev–Trinajstić information content (AvgIpc) is 2.28. The van der Waals surface area contributed by atoms with Crippen molar-refractivity contribution >= 4 is 17.5 Å². The monoisotopic (exact) mass is 237 g/mol. The Labute approximate surface area is 97.3 Å². The molecule has 0 amide bonds. The smallest absolute Gasteiger partial charge is 0.223 e. The molecule has 1 aromatic heterocycles. The molecule has 1 N–H and O–H groups in total. The zero-order chi connectivity index (χ0) is 11.4. The molecule has 0 bridgehead atoms. The van der Waals surface area contributed by atoms with Gasteiger partial charge < -0.3 is 5.32 Å². The van der Waals surface area contributed by atoms with Crippen LogP contribution >= 0.6 is 11.6 Å². The number of halogens is 2. The van der Waals surface area contributed by atoms with E-state index in [1.54, 1.807) is 6.07 Å². The first-order valence-corrected chi connectivity index (χ1v) is 5.08. The van der Waals surface area contributed by atoms with E-state index < -0.39 is 5.82 Å². The first kappa shape index (κ1) is 10.8. The number of hydrogen-bond acceptors (Lipinski definition) is 3. The fourth-order valence-corrected chi connectivity index (χ4v) is 1.44. The van der Waals surface area contributed by atoms with Crippen LogP contribution in [0.2, 0.25) is 5.02 Å². The second-order valence-corrected chi connectivity index (χ2v) is 3.64. The molecule has 5 heteroatoms. The van der Waals surface area contributed by atoms with Crippen molar-refractivity contribution in [1.29, 1.82) is 0 Å². The summed E-state index contributed by atoms with van der Waals surface area (Å²) in [5.41, 5.74) is 1.01. The minimum atomic E-state index is -0.451. The Morgan fingerprint density at radius 1 is 1.25 bits per heavy atom. The molecule has 2 aromatic rings. The summed E-state index contributed by atoms with van der Waals surface area (Å²) >= 11 is 5.84. The molecule has 0 spiro atoms. The summed E-state index contributed by atoms with van der Waals surface area (Å²) in [5.74, 6) is -0.0605. The maximum absolute atomic E-state index is 12.5. The summed E-state index contributed by atoms with van der Waals surface area (Å²) in [4.78, 5) is 7.57. The van der Waals surface area contributed by atoms with Gasteiger partial charge in [0.15, 0.2) is 5.82 Å². The Hall–Kier alpha value is -1.68. The maximum Gasteiger partial charge on any atom is 0.223 e. The van der Waals surface area contributed by atoms with Gasteiger partial charge in [0.1, 0.15) is 0 Å². The van der Waals surface area contributed by atoms with Crippen molar-refractivity contribution in [2.24, 2.45) is 0 Å². The van der Waals surface area contributed by atoms with E-state index in [0.29, 0.717) is 17.5 Å². The van der Waals surface area contributed by atoms with E-state index in [1.165, 1.54) is 0 Å². The van der Waals surface area contributed by atoms with Crippen molar-refractivity contribution in [1.82, 2.24) is 9.97 Å². The molecule has 0 radical (unpaired) electrons. The standard InChI is InChI=1S/C11H9ClFN3/c12-9-3-1-2-8(4-9)5-14-11-15-6-10(13)7-16-11/h1-4,6-7H,5H2,(H,14,15,16). The lowest BCUT2D eigenvalue weighted by Crippen LogP contribution is -2.03. The van der Waals surface area contributed by atoms with Crippen LogP contribution in [0.15, 0.2) is 36.7 Å². The topological polar surface area (TPSA) is 37.8 Å². The molecule has 16 heavy (non-hydrogen) atoms. The number of benzene rings is 1. The first-order chi connectivity index (χ1) is 7.74. The van der Waals surface area contributed by atoms with Gasteiger partial charge in [-0.15, -0.1) is 0 Å². The Bertz CT molecular complexity index is 473. The Morgan fingerprint density at radius 3 is 2.69 bits per heavy atom. The Balaban J connectivity index is 1.99. The maximum atomic E-state index is 12.5. The predicted molar refractivity (Wildman–Crippen MR) is 60.8 cm³/mol. The predicted octanol–water partition coefficient (Wildman–Crippen LogP) is 2.88. The number of aromatic nitrogens is 2. The van der Waals surface area contributed by atoms with Crippen molar-refractivity contribution in [3.63, 3.8) is 0 Å². The summed E-state index contributed by atoms with van der Waals surface area (Å²) in [6, 6.07) is 7.45. The highest BCUT2D eigenvalue weighted by molar-refractivity contribution is 6.30. The van der Waals surface area contributed by atoms with Gasteiger partial charge in [-0.25, -0.2) is 14.4 Å². The van der Waals surface area contributed by atoms with Crippen LogP contribution < -0.4 is 5.32 Å². The molecule has 0 aliphatic carbocycles. The molecule has 0 saturated carbocycles. The van der Waals surface area contributed by atoms with E-state index in [1.807, 2.05) is 18.2 Å². The molecule has 2 rings (SSSR count). The number of hydrogen-bond donors (Lipinski definition) is 1. The van der Waals surface area contributed by atoms with Crippen LogP contribution in [-0.2, 0) is 6.54 Å². The molecular weight excluding hydrogens is 229 g/mol. The molecular formula is C11H9ClFN3. The lowest BCUT2D eigenvalue weighted by molar-refractivity contribution is 0.614. The zero-order valence-electron chi connectivity index (χ0n) is 8.32. The quantitative estimate of drug-likeness (QED) is 0.892.